The molecule has 0 unspecified atom stereocenters. The quantitative estimate of drug-likeness (QED) is 0.264. The van der Waals surface area contributed by atoms with E-state index < -0.39 is 0 Å². The van der Waals surface area contributed by atoms with Crippen molar-refractivity contribution in [3.8, 4) is 0 Å². The highest BCUT2D eigenvalue weighted by molar-refractivity contribution is 9.11. The minimum Gasteiger partial charge on any atom is -0.289 e. The van der Waals surface area contributed by atoms with E-state index in [9.17, 15) is 4.79 Å². The first-order chi connectivity index (χ1) is 10.4. The van der Waals surface area contributed by atoms with E-state index in [1.807, 2.05) is 0 Å². The second-order valence-electron chi connectivity index (χ2n) is 4.37. The van der Waals surface area contributed by atoms with Crippen LogP contribution in [0.3, 0.4) is 0 Å². The van der Waals surface area contributed by atoms with Gasteiger partial charge in [0.2, 0.25) is 0 Å². The minimum absolute atomic E-state index is 0.100. The smallest absolute Gasteiger partial charge is 0.195 e. The molecule has 2 rings (SSSR count). The zero-order valence-corrected chi connectivity index (χ0v) is 18.8. The molecule has 0 bridgehead atoms. The molecule has 0 amide bonds. The van der Waals surface area contributed by atoms with Gasteiger partial charge >= 0.3 is 0 Å². The van der Waals surface area contributed by atoms with Crippen molar-refractivity contribution < 1.29 is 4.79 Å². The normalized spacial score (nSPS) is 10.8. The standard InChI is InChI=1S/C15H8Br4Cl2O/c16-5-9-11(20)3-1-7(13(9)18)15(22)8-2-4-12(21)10(6-17)14(8)19/h1-4H,5-6H2. The van der Waals surface area contributed by atoms with Crippen LogP contribution in [0.5, 0.6) is 0 Å². The van der Waals surface area contributed by atoms with Crippen LogP contribution in [0, 0.1) is 0 Å². The van der Waals surface area contributed by atoms with Gasteiger partial charge in [-0.25, -0.2) is 0 Å². The molecule has 1 nitrogen and oxygen atoms in total. The Kier molecular flexibility index (Phi) is 7.00. The summed E-state index contributed by atoms with van der Waals surface area (Å²) >= 11 is 26.0. The number of rotatable bonds is 4. The molecule has 0 fully saturated rings. The van der Waals surface area contributed by atoms with Crippen molar-refractivity contribution >= 4 is 92.7 Å². The first kappa shape index (κ1) is 18.9. The molecular formula is C15H8Br4Cl2O. The molecule has 0 heterocycles. The summed E-state index contributed by atoms with van der Waals surface area (Å²) in [6, 6.07) is 6.89. The first-order valence-electron chi connectivity index (χ1n) is 6.02. The summed E-state index contributed by atoms with van der Waals surface area (Å²) < 4.78 is 1.40. The molecule has 0 spiro atoms. The lowest BCUT2D eigenvalue weighted by molar-refractivity contribution is 0.103. The van der Waals surface area contributed by atoms with Crippen LogP contribution in [0.4, 0.5) is 0 Å². The van der Waals surface area contributed by atoms with Gasteiger partial charge in [-0.05, 0) is 67.3 Å². The fourth-order valence-corrected chi connectivity index (χ4v) is 6.19. The third-order valence-electron chi connectivity index (χ3n) is 3.13. The number of carbonyl (C=O) groups excluding carboxylic acids is 1. The van der Waals surface area contributed by atoms with E-state index in [-0.39, 0.29) is 5.78 Å². The van der Waals surface area contributed by atoms with Crippen molar-refractivity contribution in [2.45, 2.75) is 10.7 Å². The van der Waals surface area contributed by atoms with Crippen molar-refractivity contribution in [3.63, 3.8) is 0 Å². The predicted octanol–water partition coefficient (Wildman–Crippen LogP) is 7.54. The molecule has 0 aliphatic rings. The van der Waals surface area contributed by atoms with Gasteiger partial charge in [0.15, 0.2) is 5.78 Å². The average molecular weight is 595 g/mol. The van der Waals surface area contributed by atoms with Gasteiger partial charge in [0.05, 0.1) is 0 Å². The molecule has 0 radical (unpaired) electrons. The summed E-state index contributed by atoms with van der Waals surface area (Å²) in [5.74, 6) is -0.100. The summed E-state index contributed by atoms with van der Waals surface area (Å²) in [6.07, 6.45) is 0. The summed E-state index contributed by atoms with van der Waals surface area (Å²) in [5.41, 5.74) is 2.81. The van der Waals surface area contributed by atoms with Crippen LogP contribution in [0.1, 0.15) is 27.0 Å². The highest BCUT2D eigenvalue weighted by atomic mass is 79.9. The third-order valence-corrected chi connectivity index (χ3v) is 6.77. The van der Waals surface area contributed by atoms with Gasteiger partial charge in [-0.2, -0.15) is 0 Å². The van der Waals surface area contributed by atoms with E-state index in [0.717, 1.165) is 11.1 Å². The maximum absolute atomic E-state index is 12.9. The van der Waals surface area contributed by atoms with Crippen LogP contribution in [0.2, 0.25) is 10.0 Å². The van der Waals surface area contributed by atoms with Crippen molar-refractivity contribution in [1.82, 2.24) is 0 Å². The Morgan fingerprint density at radius 2 is 1.18 bits per heavy atom. The molecule has 2 aromatic carbocycles. The Labute approximate surface area is 172 Å². The fraction of sp³-hybridized carbons (Fsp3) is 0.133. The van der Waals surface area contributed by atoms with Gasteiger partial charge in [-0.15, -0.1) is 0 Å². The summed E-state index contributed by atoms with van der Waals surface area (Å²) in [7, 11) is 0. The fourth-order valence-electron chi connectivity index (χ4n) is 1.94. The minimum atomic E-state index is -0.100. The second-order valence-corrected chi connectivity index (χ2v) is 7.89. The topological polar surface area (TPSA) is 17.1 Å². The maximum Gasteiger partial charge on any atom is 0.195 e. The van der Waals surface area contributed by atoms with E-state index in [1.54, 1.807) is 24.3 Å². The number of halogens is 6. The van der Waals surface area contributed by atoms with Gasteiger partial charge in [0.1, 0.15) is 0 Å². The molecule has 0 atom stereocenters. The van der Waals surface area contributed by atoms with Gasteiger partial charge in [-0.3, -0.25) is 4.79 Å². The van der Waals surface area contributed by atoms with Gasteiger partial charge in [0.25, 0.3) is 0 Å². The summed E-state index contributed by atoms with van der Waals surface area (Å²) in [6.45, 7) is 0. The van der Waals surface area contributed by atoms with Crippen molar-refractivity contribution in [3.05, 3.63) is 65.5 Å². The lowest BCUT2D eigenvalue weighted by atomic mass is 10.00. The lowest BCUT2D eigenvalue weighted by Gasteiger charge is -2.12. The molecule has 116 valence electrons. The number of hydrogen-bond acceptors (Lipinski definition) is 1. The number of benzene rings is 2. The van der Waals surface area contributed by atoms with Crippen molar-refractivity contribution in [2.75, 3.05) is 0 Å². The first-order valence-corrected chi connectivity index (χ1v) is 10.6. The van der Waals surface area contributed by atoms with Gasteiger partial charge in [0, 0.05) is 40.8 Å². The third kappa shape index (κ3) is 3.65. The van der Waals surface area contributed by atoms with E-state index in [0.29, 0.717) is 40.8 Å². The van der Waals surface area contributed by atoms with Crippen molar-refractivity contribution in [2.24, 2.45) is 0 Å². The molecule has 7 heteroatoms. The SMILES string of the molecule is O=C(c1ccc(Cl)c(CBr)c1Br)c1ccc(Cl)c(CBr)c1Br. The van der Waals surface area contributed by atoms with Gasteiger partial charge < -0.3 is 0 Å². The maximum atomic E-state index is 12.9. The van der Waals surface area contributed by atoms with Crippen LogP contribution in [-0.4, -0.2) is 5.78 Å². The highest BCUT2D eigenvalue weighted by Crippen LogP contribution is 2.35. The zero-order chi connectivity index (χ0) is 16.4. The van der Waals surface area contributed by atoms with E-state index in [4.69, 9.17) is 23.2 Å². The van der Waals surface area contributed by atoms with E-state index in [2.05, 4.69) is 63.7 Å². The molecule has 2 aromatic rings. The largest absolute Gasteiger partial charge is 0.289 e. The van der Waals surface area contributed by atoms with E-state index in [1.165, 1.54) is 0 Å². The van der Waals surface area contributed by atoms with Crippen LogP contribution in [-0.2, 0) is 10.7 Å². The number of hydrogen-bond donors (Lipinski definition) is 0. The predicted molar refractivity (Wildman–Crippen MR) is 107 cm³/mol. The average Bonchev–Trinajstić information content (AvgIpc) is 2.48. The van der Waals surface area contributed by atoms with Crippen molar-refractivity contribution in [1.29, 1.82) is 0 Å². The highest BCUT2D eigenvalue weighted by Gasteiger charge is 2.20. The Morgan fingerprint density at radius 3 is 1.50 bits per heavy atom. The molecule has 0 saturated carbocycles. The molecular weight excluding hydrogens is 587 g/mol. The molecule has 22 heavy (non-hydrogen) atoms. The Hall–Kier alpha value is 0.610. The van der Waals surface area contributed by atoms with E-state index >= 15 is 0 Å². The zero-order valence-electron chi connectivity index (χ0n) is 10.9. The van der Waals surface area contributed by atoms with Crippen LogP contribution in [0.25, 0.3) is 0 Å². The lowest BCUT2D eigenvalue weighted by Crippen LogP contribution is -2.06. The molecule has 0 aromatic heterocycles. The van der Waals surface area contributed by atoms with Crippen LogP contribution < -0.4 is 0 Å². The monoisotopic (exact) mass is 590 g/mol. The second kappa shape index (κ2) is 8.13. The number of carbonyl (C=O) groups is 1. The van der Waals surface area contributed by atoms with Crippen LogP contribution in [0.15, 0.2) is 33.2 Å². The Bertz CT molecular complexity index is 685. The molecule has 0 aliphatic heterocycles. The number of alkyl halides is 2. The molecule has 0 saturated heterocycles. The van der Waals surface area contributed by atoms with Gasteiger partial charge in [-0.1, -0.05) is 55.1 Å². The molecule has 0 aliphatic carbocycles. The Morgan fingerprint density at radius 1 is 0.818 bits per heavy atom. The molecule has 0 N–H and O–H groups in total. The Balaban J connectivity index is 2.59. The summed E-state index contributed by atoms with van der Waals surface area (Å²) in [4.78, 5) is 12.9. The number of ketones is 1. The van der Waals surface area contributed by atoms with Crippen LogP contribution >= 0.6 is 86.9 Å². The summed E-state index contributed by atoms with van der Waals surface area (Å²) in [5, 5.41) is 2.33.